The molecule has 0 radical (unpaired) electrons. The molecule has 0 saturated carbocycles. The highest BCUT2D eigenvalue weighted by atomic mass is 16.5. The van der Waals surface area contributed by atoms with Crippen molar-refractivity contribution in [2.75, 3.05) is 18.0 Å². The highest BCUT2D eigenvalue weighted by Crippen LogP contribution is 2.23. The van der Waals surface area contributed by atoms with Crippen LogP contribution in [0.25, 0.3) is 0 Å². The number of piperidine rings is 1. The lowest BCUT2D eigenvalue weighted by Gasteiger charge is -2.33. The van der Waals surface area contributed by atoms with Crippen molar-refractivity contribution >= 4 is 11.6 Å². The van der Waals surface area contributed by atoms with E-state index in [-0.39, 0.29) is 12.0 Å². The minimum Gasteiger partial charge on any atom is -0.490 e. The van der Waals surface area contributed by atoms with Crippen LogP contribution < -0.4 is 15.0 Å². The molecule has 0 aliphatic carbocycles. The van der Waals surface area contributed by atoms with Crippen molar-refractivity contribution in [3.63, 3.8) is 0 Å². The van der Waals surface area contributed by atoms with Crippen LogP contribution in [0.5, 0.6) is 5.75 Å². The van der Waals surface area contributed by atoms with E-state index in [0.29, 0.717) is 12.1 Å². The average molecular weight is 388 g/mol. The number of hydrogen-bond donors (Lipinski definition) is 1. The minimum absolute atomic E-state index is 0.118. The standard InChI is InChI=1S/C23H24N4O2/c28-23(26-17-19-3-1-2-12-25-19)18-4-6-21(7-5-18)29-22-10-15-27(16-11-22)20-8-13-24-14-9-20/h1-9,12-14,22H,10-11,15-17H2,(H,26,28). The predicted octanol–water partition coefficient (Wildman–Crippen LogP) is 3.45. The van der Waals surface area contributed by atoms with Crippen molar-refractivity contribution in [1.82, 2.24) is 15.3 Å². The van der Waals surface area contributed by atoms with Gasteiger partial charge in [0.15, 0.2) is 0 Å². The maximum atomic E-state index is 12.3. The van der Waals surface area contributed by atoms with Gasteiger partial charge in [-0.1, -0.05) is 6.07 Å². The van der Waals surface area contributed by atoms with Crippen LogP contribution in [0.3, 0.4) is 0 Å². The van der Waals surface area contributed by atoms with Gasteiger partial charge in [-0.2, -0.15) is 0 Å². The lowest BCUT2D eigenvalue weighted by atomic mass is 10.1. The molecule has 1 aromatic carbocycles. The van der Waals surface area contributed by atoms with Gasteiger partial charge in [-0.25, -0.2) is 0 Å². The molecule has 4 rings (SSSR count). The highest BCUT2D eigenvalue weighted by Gasteiger charge is 2.20. The van der Waals surface area contributed by atoms with Crippen LogP contribution in [0.1, 0.15) is 28.9 Å². The minimum atomic E-state index is -0.118. The third kappa shape index (κ3) is 5.10. The molecule has 1 aliphatic heterocycles. The Morgan fingerprint density at radius 1 is 1.00 bits per heavy atom. The summed E-state index contributed by atoms with van der Waals surface area (Å²) >= 11 is 0. The molecule has 1 N–H and O–H groups in total. The summed E-state index contributed by atoms with van der Waals surface area (Å²) in [6, 6.07) is 17.1. The molecule has 1 saturated heterocycles. The number of carbonyl (C=O) groups excluding carboxylic acids is 1. The molecule has 6 heteroatoms. The van der Waals surface area contributed by atoms with Gasteiger partial charge in [0, 0.05) is 55.8 Å². The number of anilines is 1. The van der Waals surface area contributed by atoms with Gasteiger partial charge < -0.3 is 15.0 Å². The van der Waals surface area contributed by atoms with Gasteiger partial charge in [-0.15, -0.1) is 0 Å². The lowest BCUT2D eigenvalue weighted by Crippen LogP contribution is -2.38. The van der Waals surface area contributed by atoms with Crippen molar-refractivity contribution in [1.29, 1.82) is 0 Å². The van der Waals surface area contributed by atoms with Crippen molar-refractivity contribution in [3.05, 3.63) is 84.4 Å². The normalized spacial score (nSPS) is 14.4. The number of aromatic nitrogens is 2. The predicted molar refractivity (Wildman–Crippen MR) is 112 cm³/mol. The fraction of sp³-hybridized carbons (Fsp3) is 0.261. The van der Waals surface area contributed by atoms with Crippen molar-refractivity contribution in [2.45, 2.75) is 25.5 Å². The molecule has 0 spiro atoms. The monoisotopic (exact) mass is 388 g/mol. The van der Waals surface area contributed by atoms with Gasteiger partial charge in [0.1, 0.15) is 11.9 Å². The first-order chi connectivity index (χ1) is 14.3. The molecule has 1 fully saturated rings. The second kappa shape index (κ2) is 9.19. The summed E-state index contributed by atoms with van der Waals surface area (Å²) in [5.74, 6) is 0.682. The number of ether oxygens (including phenoxy) is 1. The van der Waals surface area contributed by atoms with Crippen LogP contribution in [0.2, 0.25) is 0 Å². The molecule has 1 aliphatic rings. The number of pyridine rings is 2. The maximum absolute atomic E-state index is 12.3. The molecule has 0 unspecified atom stereocenters. The summed E-state index contributed by atoms with van der Waals surface area (Å²) in [4.78, 5) is 22.9. The van der Waals surface area contributed by atoms with E-state index in [1.54, 1.807) is 18.3 Å². The number of rotatable bonds is 6. The summed E-state index contributed by atoms with van der Waals surface area (Å²) in [6.07, 6.45) is 7.49. The summed E-state index contributed by atoms with van der Waals surface area (Å²) < 4.78 is 6.12. The van der Waals surface area contributed by atoms with Gasteiger partial charge in [-0.05, 0) is 48.5 Å². The van der Waals surface area contributed by atoms with Gasteiger partial charge in [0.05, 0.1) is 12.2 Å². The van der Waals surface area contributed by atoms with E-state index in [9.17, 15) is 4.79 Å². The number of benzene rings is 1. The molecule has 1 amide bonds. The number of hydrogen-bond acceptors (Lipinski definition) is 5. The van der Waals surface area contributed by atoms with Crippen LogP contribution >= 0.6 is 0 Å². The van der Waals surface area contributed by atoms with Gasteiger partial charge in [0.2, 0.25) is 0 Å². The van der Waals surface area contributed by atoms with Gasteiger partial charge >= 0.3 is 0 Å². The Labute approximate surface area is 170 Å². The van der Waals surface area contributed by atoms with Gasteiger partial charge in [0.25, 0.3) is 5.91 Å². The highest BCUT2D eigenvalue weighted by molar-refractivity contribution is 5.94. The number of nitrogens with zero attached hydrogens (tertiary/aromatic N) is 3. The van der Waals surface area contributed by atoms with Crippen LogP contribution in [0, 0.1) is 0 Å². The summed E-state index contributed by atoms with van der Waals surface area (Å²) in [6.45, 7) is 2.33. The fourth-order valence-electron chi connectivity index (χ4n) is 3.44. The third-order valence-electron chi connectivity index (χ3n) is 5.05. The Balaban J connectivity index is 1.26. The Hall–Kier alpha value is -3.41. The average Bonchev–Trinajstić information content (AvgIpc) is 2.80. The molecule has 0 atom stereocenters. The molecular formula is C23H24N4O2. The van der Waals surface area contributed by atoms with Crippen LogP contribution in [0.15, 0.2) is 73.2 Å². The molecule has 3 heterocycles. The molecule has 29 heavy (non-hydrogen) atoms. The largest absolute Gasteiger partial charge is 0.490 e. The van der Waals surface area contributed by atoms with E-state index in [1.807, 2.05) is 54.9 Å². The van der Waals surface area contributed by atoms with E-state index in [0.717, 1.165) is 37.4 Å². The lowest BCUT2D eigenvalue weighted by molar-refractivity contribution is 0.0950. The zero-order valence-corrected chi connectivity index (χ0v) is 16.2. The van der Waals surface area contributed by atoms with E-state index >= 15 is 0 Å². The molecule has 148 valence electrons. The quantitative estimate of drug-likeness (QED) is 0.701. The van der Waals surface area contributed by atoms with Crippen LogP contribution in [-0.4, -0.2) is 35.1 Å². The molecule has 2 aromatic heterocycles. The number of amides is 1. The molecule has 6 nitrogen and oxygen atoms in total. The summed E-state index contributed by atoms with van der Waals surface area (Å²) in [5.41, 5.74) is 2.65. The first-order valence-electron chi connectivity index (χ1n) is 9.88. The van der Waals surface area contributed by atoms with Crippen molar-refractivity contribution < 1.29 is 9.53 Å². The van der Waals surface area contributed by atoms with Crippen molar-refractivity contribution in [3.8, 4) is 5.75 Å². The smallest absolute Gasteiger partial charge is 0.251 e. The molecule has 0 bridgehead atoms. The van der Waals surface area contributed by atoms with E-state index in [2.05, 4.69) is 20.2 Å². The van der Waals surface area contributed by atoms with Crippen molar-refractivity contribution in [2.24, 2.45) is 0 Å². The van der Waals surface area contributed by atoms with E-state index < -0.39 is 0 Å². The third-order valence-corrected chi connectivity index (χ3v) is 5.05. The zero-order chi connectivity index (χ0) is 19.9. The summed E-state index contributed by atoms with van der Waals surface area (Å²) in [7, 11) is 0. The Bertz CT molecular complexity index is 909. The molecular weight excluding hydrogens is 364 g/mol. The Kier molecular flexibility index (Phi) is 6.00. The summed E-state index contributed by atoms with van der Waals surface area (Å²) in [5, 5.41) is 2.88. The number of nitrogens with one attached hydrogen (secondary N) is 1. The Morgan fingerprint density at radius 3 is 2.45 bits per heavy atom. The second-order valence-electron chi connectivity index (χ2n) is 7.04. The second-order valence-corrected chi connectivity index (χ2v) is 7.04. The molecule has 3 aromatic rings. The SMILES string of the molecule is O=C(NCc1ccccn1)c1ccc(OC2CCN(c3ccncc3)CC2)cc1. The van der Waals surface area contributed by atoms with E-state index in [4.69, 9.17) is 4.74 Å². The van der Waals surface area contributed by atoms with E-state index in [1.165, 1.54) is 5.69 Å². The Morgan fingerprint density at radius 2 is 1.76 bits per heavy atom. The fourth-order valence-corrected chi connectivity index (χ4v) is 3.44. The first-order valence-corrected chi connectivity index (χ1v) is 9.88. The topological polar surface area (TPSA) is 67.3 Å². The first kappa shape index (κ1) is 18.9. The zero-order valence-electron chi connectivity index (χ0n) is 16.2. The van der Waals surface area contributed by atoms with Crippen LogP contribution in [-0.2, 0) is 6.54 Å². The number of carbonyl (C=O) groups is 1. The maximum Gasteiger partial charge on any atom is 0.251 e. The van der Waals surface area contributed by atoms with Crippen LogP contribution in [0.4, 0.5) is 5.69 Å². The van der Waals surface area contributed by atoms with Gasteiger partial charge in [-0.3, -0.25) is 14.8 Å².